The van der Waals surface area contributed by atoms with Crippen molar-refractivity contribution >= 4 is 22.8 Å². The zero-order valence-corrected chi connectivity index (χ0v) is 14.3. The molecule has 1 aliphatic rings. The third-order valence-corrected chi connectivity index (χ3v) is 4.79. The van der Waals surface area contributed by atoms with E-state index < -0.39 is 5.97 Å². The van der Waals surface area contributed by atoms with Crippen LogP contribution in [0.1, 0.15) is 66.3 Å². The average Bonchev–Trinajstić information content (AvgIpc) is 3.14. The average molecular weight is 330 g/mol. The van der Waals surface area contributed by atoms with Gasteiger partial charge in [-0.15, -0.1) is 0 Å². The Hall–Kier alpha value is -2.37. The number of hydrogen-bond donors (Lipinski definition) is 0. The predicted octanol–water partition coefficient (Wildman–Crippen LogP) is 2.83. The highest BCUT2D eigenvalue weighted by atomic mass is 16.5. The van der Waals surface area contributed by atoms with Gasteiger partial charge in [0.2, 0.25) is 0 Å². The number of ketones is 1. The second-order valence-electron chi connectivity index (χ2n) is 6.31. The van der Waals surface area contributed by atoms with Crippen LogP contribution in [-0.4, -0.2) is 27.5 Å². The van der Waals surface area contributed by atoms with E-state index in [4.69, 9.17) is 4.74 Å². The van der Waals surface area contributed by atoms with E-state index in [-0.39, 0.29) is 29.7 Å². The zero-order chi connectivity index (χ0) is 17.4. The predicted molar refractivity (Wildman–Crippen MR) is 90.6 cm³/mol. The van der Waals surface area contributed by atoms with Crippen LogP contribution < -0.4 is 5.69 Å². The summed E-state index contributed by atoms with van der Waals surface area (Å²) in [5.41, 5.74) is 1.79. The number of rotatable bonds is 4. The first-order chi connectivity index (χ1) is 11.5. The van der Waals surface area contributed by atoms with E-state index in [1.54, 1.807) is 35.2 Å². The summed E-state index contributed by atoms with van der Waals surface area (Å²) < 4.78 is 8.41. The third-order valence-electron chi connectivity index (χ3n) is 4.79. The van der Waals surface area contributed by atoms with Crippen LogP contribution in [0.25, 0.3) is 11.0 Å². The first-order valence-corrected chi connectivity index (χ1v) is 8.38. The molecule has 0 spiro atoms. The molecule has 2 aromatic rings. The molecule has 6 nitrogen and oxygen atoms in total. The molecule has 0 aliphatic heterocycles. The lowest BCUT2D eigenvalue weighted by Crippen LogP contribution is -2.24. The minimum atomic E-state index is -0.529. The maximum absolute atomic E-state index is 12.7. The summed E-state index contributed by atoms with van der Waals surface area (Å²) in [5.74, 6) is -0.750. The number of carbonyl (C=O) groups excluding carboxylic acids is 2. The van der Waals surface area contributed by atoms with Crippen molar-refractivity contribution in [3.8, 4) is 0 Å². The number of benzene rings is 1. The molecule has 24 heavy (non-hydrogen) atoms. The Morgan fingerprint density at radius 1 is 1.17 bits per heavy atom. The largest absolute Gasteiger partial charge is 0.462 e. The van der Waals surface area contributed by atoms with Gasteiger partial charge in [-0.2, -0.15) is 0 Å². The lowest BCUT2D eigenvalue weighted by molar-refractivity contribution is 0.0523. The van der Waals surface area contributed by atoms with Crippen molar-refractivity contribution in [2.75, 3.05) is 6.61 Å². The number of imidazole rings is 1. The Balaban J connectivity index is 2.29. The molecule has 1 aromatic heterocycles. The Labute approximate surface area is 140 Å². The fourth-order valence-corrected chi connectivity index (χ4v) is 3.59. The molecule has 0 N–H and O–H groups in total. The molecule has 0 unspecified atom stereocenters. The summed E-state index contributed by atoms with van der Waals surface area (Å²) in [6.45, 7) is 3.37. The molecule has 0 saturated heterocycles. The number of esters is 1. The first kappa shape index (κ1) is 16.5. The van der Waals surface area contributed by atoms with Gasteiger partial charge < -0.3 is 4.74 Å². The van der Waals surface area contributed by atoms with Crippen LogP contribution in [0, 0.1) is 0 Å². The van der Waals surface area contributed by atoms with Crippen molar-refractivity contribution in [2.45, 2.75) is 45.6 Å². The number of aromatic nitrogens is 2. The molecule has 0 amide bonds. The van der Waals surface area contributed by atoms with E-state index in [2.05, 4.69) is 0 Å². The van der Waals surface area contributed by atoms with Crippen molar-refractivity contribution < 1.29 is 14.3 Å². The quantitative estimate of drug-likeness (QED) is 0.638. The lowest BCUT2D eigenvalue weighted by Gasteiger charge is -2.13. The normalized spacial score (nSPS) is 15.1. The van der Waals surface area contributed by atoms with Gasteiger partial charge in [-0.25, -0.2) is 9.59 Å². The lowest BCUT2D eigenvalue weighted by atomic mass is 10.0. The molecule has 1 heterocycles. The van der Waals surface area contributed by atoms with Gasteiger partial charge in [0, 0.05) is 18.7 Å². The van der Waals surface area contributed by atoms with E-state index >= 15 is 0 Å². The molecule has 128 valence electrons. The molecular weight excluding hydrogens is 308 g/mol. The van der Waals surface area contributed by atoms with Crippen LogP contribution in [0.3, 0.4) is 0 Å². The van der Waals surface area contributed by atoms with Crippen LogP contribution >= 0.6 is 0 Å². The van der Waals surface area contributed by atoms with Gasteiger partial charge >= 0.3 is 11.7 Å². The number of Topliss-reactive ketones (excluding diaryl/α,β-unsaturated/α-hetero) is 1. The number of carbonyl (C=O) groups is 2. The summed E-state index contributed by atoms with van der Waals surface area (Å²) in [4.78, 5) is 36.9. The second-order valence-corrected chi connectivity index (χ2v) is 6.31. The van der Waals surface area contributed by atoms with Gasteiger partial charge in [-0.3, -0.25) is 13.9 Å². The van der Waals surface area contributed by atoms with E-state index in [9.17, 15) is 14.4 Å². The highest BCUT2D eigenvalue weighted by Crippen LogP contribution is 2.32. The Morgan fingerprint density at radius 3 is 2.38 bits per heavy atom. The minimum Gasteiger partial charge on any atom is -0.462 e. The number of aryl methyl sites for hydroxylation is 1. The van der Waals surface area contributed by atoms with Gasteiger partial charge in [0.05, 0.1) is 23.2 Å². The topological polar surface area (TPSA) is 70.3 Å². The molecule has 6 heteroatoms. The van der Waals surface area contributed by atoms with Gasteiger partial charge in [-0.05, 0) is 38.8 Å². The summed E-state index contributed by atoms with van der Waals surface area (Å²) in [7, 11) is 1.70. The van der Waals surface area contributed by atoms with Crippen LogP contribution in [0.2, 0.25) is 0 Å². The van der Waals surface area contributed by atoms with Crippen molar-refractivity contribution in [3.05, 3.63) is 33.7 Å². The Kier molecular flexibility index (Phi) is 4.30. The van der Waals surface area contributed by atoms with Crippen molar-refractivity contribution in [1.29, 1.82) is 0 Å². The van der Waals surface area contributed by atoms with Crippen LogP contribution in [0.4, 0.5) is 0 Å². The minimum absolute atomic E-state index is 0.104. The van der Waals surface area contributed by atoms with Crippen molar-refractivity contribution in [2.24, 2.45) is 7.05 Å². The summed E-state index contributed by atoms with van der Waals surface area (Å²) in [5, 5.41) is 0. The number of fused-ring (bicyclic) bond motifs is 1. The van der Waals surface area contributed by atoms with Crippen LogP contribution in [0.15, 0.2) is 16.9 Å². The van der Waals surface area contributed by atoms with E-state index in [1.807, 2.05) is 0 Å². The molecule has 0 atom stereocenters. The monoisotopic (exact) mass is 330 g/mol. The maximum Gasteiger partial charge on any atom is 0.338 e. The third kappa shape index (κ3) is 2.56. The van der Waals surface area contributed by atoms with Crippen LogP contribution in [-0.2, 0) is 11.8 Å². The molecule has 3 rings (SSSR count). The first-order valence-electron chi connectivity index (χ1n) is 8.38. The molecular formula is C18H22N2O4. The fourth-order valence-electron chi connectivity index (χ4n) is 3.59. The molecule has 1 aliphatic carbocycles. The molecule has 1 fully saturated rings. The second kappa shape index (κ2) is 6.26. The zero-order valence-electron chi connectivity index (χ0n) is 14.3. The SMILES string of the molecule is CCOC(=O)c1cc2c(cc1C(C)=O)n(C)c(=O)n2C1CCCC1. The van der Waals surface area contributed by atoms with Gasteiger partial charge in [0.15, 0.2) is 5.78 Å². The van der Waals surface area contributed by atoms with Gasteiger partial charge in [0.1, 0.15) is 0 Å². The Morgan fingerprint density at radius 2 is 1.79 bits per heavy atom. The van der Waals surface area contributed by atoms with Crippen molar-refractivity contribution in [1.82, 2.24) is 9.13 Å². The smallest absolute Gasteiger partial charge is 0.338 e. The molecule has 1 aromatic carbocycles. The highest BCUT2D eigenvalue weighted by molar-refractivity contribution is 6.08. The van der Waals surface area contributed by atoms with Gasteiger partial charge in [-0.1, -0.05) is 12.8 Å². The van der Waals surface area contributed by atoms with Crippen molar-refractivity contribution in [3.63, 3.8) is 0 Å². The maximum atomic E-state index is 12.7. The summed E-state index contributed by atoms with van der Waals surface area (Å²) in [6, 6.07) is 3.43. The summed E-state index contributed by atoms with van der Waals surface area (Å²) >= 11 is 0. The molecule has 1 saturated carbocycles. The number of hydrogen-bond acceptors (Lipinski definition) is 4. The molecule has 0 radical (unpaired) electrons. The Bertz CT molecular complexity index is 869. The number of nitrogens with zero attached hydrogens (tertiary/aromatic N) is 2. The standard InChI is InChI=1S/C18H22N2O4/c1-4-24-17(22)14-10-16-15(9-13(14)11(2)21)19(3)18(23)20(16)12-7-5-6-8-12/h9-10,12H,4-8H2,1-3H3. The van der Waals surface area contributed by atoms with E-state index in [1.165, 1.54) is 6.92 Å². The summed E-state index contributed by atoms with van der Waals surface area (Å²) in [6.07, 6.45) is 4.12. The van der Waals surface area contributed by atoms with E-state index in [0.717, 1.165) is 25.7 Å². The van der Waals surface area contributed by atoms with E-state index in [0.29, 0.717) is 16.6 Å². The molecule has 0 bridgehead atoms. The number of ether oxygens (including phenoxy) is 1. The highest BCUT2D eigenvalue weighted by Gasteiger charge is 2.25. The van der Waals surface area contributed by atoms with Gasteiger partial charge in [0.25, 0.3) is 0 Å². The fraction of sp³-hybridized carbons (Fsp3) is 0.500. The van der Waals surface area contributed by atoms with Crippen LogP contribution in [0.5, 0.6) is 0 Å².